The molecule has 1 amide bonds. The van der Waals surface area contributed by atoms with Crippen LogP contribution in [-0.2, 0) is 9.59 Å². The Kier molecular flexibility index (Phi) is 5.17. The third-order valence-corrected chi connectivity index (χ3v) is 4.81. The van der Waals surface area contributed by atoms with Gasteiger partial charge in [0.2, 0.25) is 5.91 Å². The Morgan fingerprint density at radius 3 is 2.10 bits per heavy atom. The zero-order valence-corrected chi connectivity index (χ0v) is 17.0. The van der Waals surface area contributed by atoms with Gasteiger partial charge < -0.3 is 5.32 Å². The molecule has 0 radical (unpaired) electrons. The molecule has 0 bridgehead atoms. The monoisotopic (exact) mass is 422 g/mol. The molecule has 0 aliphatic heterocycles. The third-order valence-electron chi connectivity index (χ3n) is 4.81. The molecule has 0 spiro atoms. The van der Waals surface area contributed by atoms with Gasteiger partial charge in [-0.05, 0) is 41.9 Å². The summed E-state index contributed by atoms with van der Waals surface area (Å²) >= 11 is 0. The SMILES string of the molecule is [2H]c1c([2H])c([2H])c(NC(=O)C(C(=O)C(C)C)C(C(=O)c2ccc(F)cc2)c2ccccc2)c([2H])c1[2H]. The molecule has 2 atom stereocenters. The van der Waals surface area contributed by atoms with E-state index in [0.29, 0.717) is 5.56 Å². The van der Waals surface area contributed by atoms with Gasteiger partial charge in [-0.1, -0.05) is 62.3 Å². The van der Waals surface area contributed by atoms with Crippen molar-refractivity contribution in [3.63, 3.8) is 0 Å². The lowest BCUT2D eigenvalue weighted by Gasteiger charge is -2.26. The molecule has 0 fully saturated rings. The minimum absolute atomic E-state index is 0.0856. The molecule has 0 aliphatic rings. The zero-order valence-electron chi connectivity index (χ0n) is 22.0. The van der Waals surface area contributed by atoms with Crippen LogP contribution in [0.1, 0.15) is 42.5 Å². The van der Waals surface area contributed by atoms with E-state index in [1.165, 1.54) is 12.1 Å². The topological polar surface area (TPSA) is 63.2 Å². The molecule has 3 aromatic rings. The number of Topliss-reactive ketones (excluding diaryl/α,β-unsaturated/α-hetero) is 2. The molecule has 0 aromatic heterocycles. The average molecular weight is 423 g/mol. The normalized spacial score (nSPS) is 15.0. The first-order valence-corrected chi connectivity index (χ1v) is 9.71. The quantitative estimate of drug-likeness (QED) is 0.397. The van der Waals surface area contributed by atoms with Gasteiger partial charge >= 0.3 is 0 Å². The first kappa shape index (κ1) is 16.1. The first-order chi connectivity index (χ1) is 17.0. The van der Waals surface area contributed by atoms with Gasteiger partial charge in [0, 0.05) is 17.2 Å². The van der Waals surface area contributed by atoms with Crippen LogP contribution in [0.5, 0.6) is 0 Å². The number of anilines is 1. The van der Waals surface area contributed by atoms with Gasteiger partial charge in [-0.15, -0.1) is 0 Å². The van der Waals surface area contributed by atoms with Crippen LogP contribution in [0.15, 0.2) is 84.8 Å². The summed E-state index contributed by atoms with van der Waals surface area (Å²) in [5, 5.41) is 2.32. The van der Waals surface area contributed by atoms with Gasteiger partial charge in [-0.2, -0.15) is 0 Å². The highest BCUT2D eigenvalue weighted by atomic mass is 19.1. The maximum Gasteiger partial charge on any atom is 0.236 e. The smallest absolute Gasteiger partial charge is 0.236 e. The summed E-state index contributed by atoms with van der Waals surface area (Å²) in [4.78, 5) is 40.6. The molecular formula is C26H24FNO3. The summed E-state index contributed by atoms with van der Waals surface area (Å²) in [6, 6.07) is 9.65. The molecular weight excluding hydrogens is 393 g/mol. The zero-order chi connectivity index (χ0) is 26.7. The van der Waals surface area contributed by atoms with E-state index >= 15 is 0 Å². The average Bonchev–Trinajstić information content (AvgIpc) is 2.87. The second kappa shape index (κ2) is 9.94. The molecule has 4 nitrogen and oxygen atoms in total. The molecule has 5 heteroatoms. The number of hydrogen-bond acceptors (Lipinski definition) is 3. The van der Waals surface area contributed by atoms with Crippen LogP contribution in [0.2, 0.25) is 0 Å². The molecule has 0 aliphatic carbocycles. The number of halogens is 1. The maximum absolute atomic E-state index is 13.7. The number of nitrogens with one attached hydrogen (secondary N) is 1. The van der Waals surface area contributed by atoms with Crippen molar-refractivity contribution in [3.8, 4) is 0 Å². The van der Waals surface area contributed by atoms with E-state index in [2.05, 4.69) is 5.32 Å². The van der Waals surface area contributed by atoms with Crippen molar-refractivity contribution in [2.75, 3.05) is 5.32 Å². The number of para-hydroxylation sites is 1. The van der Waals surface area contributed by atoms with Crippen LogP contribution in [0.4, 0.5) is 10.1 Å². The Morgan fingerprint density at radius 1 is 0.903 bits per heavy atom. The lowest BCUT2D eigenvalue weighted by molar-refractivity contribution is -0.133. The third kappa shape index (κ3) is 5.31. The van der Waals surface area contributed by atoms with Gasteiger partial charge in [0.15, 0.2) is 5.78 Å². The van der Waals surface area contributed by atoms with E-state index in [9.17, 15) is 18.8 Å². The van der Waals surface area contributed by atoms with Crippen molar-refractivity contribution in [3.05, 3.63) is 102 Å². The van der Waals surface area contributed by atoms with Crippen LogP contribution in [-0.4, -0.2) is 17.5 Å². The van der Waals surface area contributed by atoms with Crippen LogP contribution in [0.3, 0.4) is 0 Å². The molecule has 31 heavy (non-hydrogen) atoms. The highest BCUT2D eigenvalue weighted by Crippen LogP contribution is 2.32. The molecule has 0 saturated carbocycles. The van der Waals surface area contributed by atoms with Gasteiger partial charge in [0.25, 0.3) is 0 Å². The number of benzene rings is 3. The fourth-order valence-electron chi connectivity index (χ4n) is 3.27. The second-order valence-electron chi connectivity index (χ2n) is 7.28. The largest absolute Gasteiger partial charge is 0.325 e. The molecule has 3 rings (SSSR count). The predicted octanol–water partition coefficient (Wildman–Crippen LogP) is 5.27. The van der Waals surface area contributed by atoms with E-state index in [4.69, 9.17) is 6.85 Å². The van der Waals surface area contributed by atoms with Crippen LogP contribution >= 0.6 is 0 Å². The van der Waals surface area contributed by atoms with E-state index < -0.39 is 76.9 Å². The van der Waals surface area contributed by atoms with Gasteiger partial charge in [-0.25, -0.2) is 4.39 Å². The van der Waals surface area contributed by atoms with E-state index in [1.54, 1.807) is 44.2 Å². The molecule has 0 saturated heterocycles. The number of ketones is 2. The minimum Gasteiger partial charge on any atom is -0.325 e. The Hall–Kier alpha value is -3.60. The van der Waals surface area contributed by atoms with Crippen molar-refractivity contribution in [2.24, 2.45) is 11.8 Å². The highest BCUT2D eigenvalue weighted by molar-refractivity contribution is 6.14. The Balaban J connectivity index is 2.16. The highest BCUT2D eigenvalue weighted by Gasteiger charge is 2.41. The van der Waals surface area contributed by atoms with Crippen LogP contribution in [0.25, 0.3) is 0 Å². The minimum atomic E-state index is -1.59. The van der Waals surface area contributed by atoms with Crippen LogP contribution < -0.4 is 5.32 Å². The van der Waals surface area contributed by atoms with Crippen molar-refractivity contribution in [2.45, 2.75) is 19.8 Å². The van der Waals surface area contributed by atoms with Crippen molar-refractivity contribution in [1.82, 2.24) is 0 Å². The summed E-state index contributed by atoms with van der Waals surface area (Å²) in [5.41, 5.74) is -0.0435. The Bertz CT molecular complexity index is 1280. The molecule has 3 aromatic carbocycles. The fraction of sp³-hybridized carbons (Fsp3) is 0.192. The number of carbonyl (C=O) groups is 3. The number of amides is 1. The van der Waals surface area contributed by atoms with E-state index in [0.717, 1.165) is 12.1 Å². The van der Waals surface area contributed by atoms with Gasteiger partial charge in [0.1, 0.15) is 17.5 Å². The predicted molar refractivity (Wildman–Crippen MR) is 118 cm³/mol. The summed E-state index contributed by atoms with van der Waals surface area (Å²) in [6.07, 6.45) is 0. The molecule has 0 heterocycles. The van der Waals surface area contributed by atoms with Crippen molar-refractivity contribution >= 4 is 23.2 Å². The molecule has 2 unspecified atom stereocenters. The maximum atomic E-state index is 13.7. The standard InChI is InChI=1S/C26H24FNO3/c1-17(2)24(29)23(26(31)28-21-11-7-4-8-12-21)22(18-9-5-3-6-10-18)25(30)19-13-15-20(27)16-14-19/h3-17,22-23H,1-2H3,(H,28,31)/i4D,7D,8D,11D,12D. The lowest BCUT2D eigenvalue weighted by Crippen LogP contribution is -2.40. The van der Waals surface area contributed by atoms with Gasteiger partial charge in [0.05, 0.1) is 12.8 Å². The van der Waals surface area contributed by atoms with Crippen molar-refractivity contribution in [1.29, 1.82) is 0 Å². The Labute approximate surface area is 188 Å². The number of hydrogen-bond donors (Lipinski definition) is 1. The second-order valence-corrected chi connectivity index (χ2v) is 7.28. The lowest BCUT2D eigenvalue weighted by atomic mass is 9.75. The summed E-state index contributed by atoms with van der Waals surface area (Å²) in [6.45, 7) is 3.13. The summed E-state index contributed by atoms with van der Waals surface area (Å²) < 4.78 is 53.1. The number of carbonyl (C=O) groups excluding carboxylic acids is 3. The fourth-order valence-corrected chi connectivity index (χ4v) is 3.27. The number of rotatable bonds is 8. The molecule has 158 valence electrons. The summed E-state index contributed by atoms with van der Waals surface area (Å²) in [5.74, 6) is -6.30. The van der Waals surface area contributed by atoms with Crippen molar-refractivity contribution < 1.29 is 25.6 Å². The Morgan fingerprint density at radius 2 is 1.52 bits per heavy atom. The molecule has 1 N–H and O–H groups in total. The van der Waals surface area contributed by atoms with Gasteiger partial charge in [-0.3, -0.25) is 14.4 Å². The van der Waals surface area contributed by atoms with E-state index in [1.807, 2.05) is 0 Å². The van der Waals surface area contributed by atoms with E-state index in [-0.39, 0.29) is 5.56 Å². The first-order valence-electron chi connectivity index (χ1n) is 12.2. The summed E-state index contributed by atoms with van der Waals surface area (Å²) in [7, 11) is 0. The van der Waals surface area contributed by atoms with Crippen LogP contribution in [0, 0.1) is 17.7 Å².